The van der Waals surface area contributed by atoms with Crippen molar-refractivity contribution in [3.8, 4) is 11.8 Å². The summed E-state index contributed by atoms with van der Waals surface area (Å²) in [5.74, 6) is 2.23. The Hall–Kier alpha value is -2.66. The molecular weight excluding hydrogens is 391 g/mol. The zero-order valence-corrected chi connectivity index (χ0v) is 13.9. The van der Waals surface area contributed by atoms with E-state index in [1.807, 2.05) is 4.98 Å². The lowest BCUT2D eigenvalue weighted by atomic mass is 10.0. The molecule has 3 rings (SSSR count). The third-order valence-electron chi connectivity index (χ3n) is 4.33. The maximum Gasteiger partial charge on any atom is 0.471 e. The van der Waals surface area contributed by atoms with Crippen LogP contribution in [0.1, 0.15) is 11.8 Å². The molecule has 4 atom stereocenters. The molecule has 152 valence electrons. The van der Waals surface area contributed by atoms with Gasteiger partial charge in [-0.25, -0.2) is 4.79 Å². The number of hydrogen-bond acceptors (Lipinski definition) is 7. The second kappa shape index (κ2) is 7.06. The smallest absolute Gasteiger partial charge is 0.393 e. The van der Waals surface area contributed by atoms with E-state index in [-0.39, 0.29) is 12.2 Å². The van der Waals surface area contributed by atoms with Gasteiger partial charge in [0.2, 0.25) is 0 Å². The monoisotopic (exact) mass is 405 g/mol. The number of aliphatic hydroxyl groups is 2. The van der Waals surface area contributed by atoms with Gasteiger partial charge in [-0.1, -0.05) is 11.8 Å². The Morgan fingerprint density at radius 3 is 2.79 bits per heavy atom. The lowest BCUT2D eigenvalue weighted by Gasteiger charge is -2.29. The number of carbonyl (C=O) groups is 1. The van der Waals surface area contributed by atoms with Crippen molar-refractivity contribution in [3.63, 3.8) is 0 Å². The number of halogens is 3. The Balaban J connectivity index is 1.82. The highest BCUT2D eigenvalue weighted by Crippen LogP contribution is 2.44. The van der Waals surface area contributed by atoms with Crippen LogP contribution in [0.15, 0.2) is 15.8 Å². The van der Waals surface area contributed by atoms with Crippen molar-refractivity contribution in [2.24, 2.45) is 0 Å². The lowest BCUT2D eigenvalue weighted by Crippen LogP contribution is -2.44. The Labute approximate surface area is 153 Å². The first-order valence-electron chi connectivity index (χ1n) is 7.87. The highest BCUT2D eigenvalue weighted by molar-refractivity contribution is 5.81. The van der Waals surface area contributed by atoms with Gasteiger partial charge < -0.3 is 25.0 Å². The molecule has 4 unspecified atom stereocenters. The number of fused-ring (bicyclic) bond motifs is 2. The van der Waals surface area contributed by atoms with Crippen LogP contribution in [0.4, 0.5) is 13.2 Å². The minimum atomic E-state index is -5.06. The molecule has 13 heteroatoms. The molecule has 2 aliphatic rings. The first-order chi connectivity index (χ1) is 13.1. The maximum absolute atomic E-state index is 12.1. The van der Waals surface area contributed by atoms with Crippen LogP contribution >= 0.6 is 0 Å². The molecule has 0 aromatic carbocycles. The van der Waals surface area contributed by atoms with E-state index >= 15 is 0 Å². The third kappa shape index (κ3) is 3.42. The van der Waals surface area contributed by atoms with Gasteiger partial charge in [-0.15, -0.1) is 0 Å². The van der Waals surface area contributed by atoms with Gasteiger partial charge in [0.25, 0.3) is 5.56 Å². The molecular formula is C15H14F3N3O7. The Bertz CT molecular complexity index is 961. The molecule has 3 heterocycles. The highest BCUT2D eigenvalue weighted by atomic mass is 19.4. The molecule has 1 aromatic heterocycles. The minimum absolute atomic E-state index is 0.0878. The van der Waals surface area contributed by atoms with Crippen molar-refractivity contribution in [3.05, 3.63) is 32.6 Å². The Morgan fingerprint density at radius 1 is 1.46 bits per heavy atom. The average molecular weight is 405 g/mol. The minimum Gasteiger partial charge on any atom is -0.393 e. The van der Waals surface area contributed by atoms with Crippen molar-refractivity contribution in [2.75, 3.05) is 19.8 Å². The SMILES string of the molecule is O=C(NCC#Cc1cn(C2OC3(CO)COC2C3O)c(=O)[nH]c1=O)C(F)(F)F. The number of aliphatic hydroxyl groups excluding tert-OH is 2. The summed E-state index contributed by atoms with van der Waals surface area (Å²) in [6.45, 7) is -1.34. The van der Waals surface area contributed by atoms with E-state index < -0.39 is 60.5 Å². The molecule has 1 aromatic rings. The van der Waals surface area contributed by atoms with Crippen LogP contribution in [0.5, 0.6) is 0 Å². The van der Waals surface area contributed by atoms with Crippen LogP contribution in [-0.4, -0.2) is 69.4 Å². The summed E-state index contributed by atoms with van der Waals surface area (Å²) in [5, 5.41) is 21.1. The third-order valence-corrected chi connectivity index (χ3v) is 4.33. The fourth-order valence-corrected chi connectivity index (χ4v) is 2.88. The Kier molecular flexibility index (Phi) is 5.06. The molecule has 1 amide bonds. The van der Waals surface area contributed by atoms with Gasteiger partial charge in [-0.2, -0.15) is 13.2 Å². The predicted octanol–water partition coefficient (Wildman–Crippen LogP) is -2.41. The van der Waals surface area contributed by atoms with Crippen molar-refractivity contribution in [1.29, 1.82) is 0 Å². The fraction of sp³-hybridized carbons (Fsp3) is 0.533. The van der Waals surface area contributed by atoms with E-state index in [1.165, 1.54) is 5.32 Å². The molecule has 2 bridgehead atoms. The van der Waals surface area contributed by atoms with Gasteiger partial charge in [0.05, 0.1) is 19.8 Å². The topological polar surface area (TPSA) is 143 Å². The molecule has 10 nitrogen and oxygen atoms in total. The normalized spacial score (nSPS) is 28.7. The quantitative estimate of drug-likeness (QED) is 0.410. The molecule has 2 aliphatic heterocycles. The van der Waals surface area contributed by atoms with E-state index in [0.29, 0.717) is 0 Å². The van der Waals surface area contributed by atoms with E-state index in [4.69, 9.17) is 9.47 Å². The number of ether oxygens (including phenoxy) is 2. The van der Waals surface area contributed by atoms with Crippen LogP contribution in [0.25, 0.3) is 0 Å². The molecule has 0 radical (unpaired) electrons. The molecule has 0 saturated carbocycles. The van der Waals surface area contributed by atoms with E-state index in [0.717, 1.165) is 10.8 Å². The summed E-state index contributed by atoms with van der Waals surface area (Å²) >= 11 is 0. The molecule has 2 saturated heterocycles. The van der Waals surface area contributed by atoms with Gasteiger partial charge in [0, 0.05) is 6.20 Å². The molecule has 4 N–H and O–H groups in total. The van der Waals surface area contributed by atoms with Crippen molar-refractivity contribution in [1.82, 2.24) is 14.9 Å². The standard InChI is InChI=1S/C15H14F3N3O7/c16-15(17,18)12(25)19-3-1-2-7-4-21(13(26)20-10(7)24)11-8-9(23)14(5-22,28-11)6-27-8/h4,8-9,11,22-23H,3,5-6H2,(H,19,25)(H,20,24,26). The molecule has 2 fully saturated rings. The summed E-state index contributed by atoms with van der Waals surface area (Å²) in [6.07, 6.45) is -7.43. The van der Waals surface area contributed by atoms with E-state index in [9.17, 15) is 37.8 Å². The van der Waals surface area contributed by atoms with Gasteiger partial charge in [0.1, 0.15) is 23.4 Å². The summed E-state index contributed by atoms with van der Waals surface area (Å²) in [4.78, 5) is 36.6. The zero-order valence-electron chi connectivity index (χ0n) is 13.9. The van der Waals surface area contributed by atoms with Crippen molar-refractivity contribution < 1.29 is 37.7 Å². The number of nitrogens with zero attached hydrogens (tertiary/aromatic N) is 1. The number of alkyl halides is 3. The summed E-state index contributed by atoms with van der Waals surface area (Å²) < 4.78 is 48.0. The number of H-pyrrole nitrogens is 1. The number of aromatic nitrogens is 2. The summed E-state index contributed by atoms with van der Waals surface area (Å²) in [5.41, 5.74) is -3.50. The van der Waals surface area contributed by atoms with Gasteiger partial charge in [0.15, 0.2) is 6.23 Å². The van der Waals surface area contributed by atoms with Gasteiger partial charge in [-0.3, -0.25) is 19.1 Å². The number of rotatable bonds is 3. The van der Waals surface area contributed by atoms with E-state index in [2.05, 4.69) is 11.8 Å². The molecule has 28 heavy (non-hydrogen) atoms. The van der Waals surface area contributed by atoms with Crippen LogP contribution in [0.2, 0.25) is 0 Å². The van der Waals surface area contributed by atoms with Crippen molar-refractivity contribution >= 4 is 5.91 Å². The van der Waals surface area contributed by atoms with Gasteiger partial charge >= 0.3 is 17.8 Å². The number of carbonyl (C=O) groups excluding carboxylic acids is 1. The summed E-state index contributed by atoms with van der Waals surface area (Å²) in [7, 11) is 0. The first kappa shape index (κ1) is 20.1. The molecule has 0 spiro atoms. The first-order valence-corrected chi connectivity index (χ1v) is 7.87. The highest BCUT2D eigenvalue weighted by Gasteiger charge is 2.61. The van der Waals surface area contributed by atoms with Crippen LogP contribution in [-0.2, 0) is 14.3 Å². The second-order valence-corrected chi connectivity index (χ2v) is 6.14. The number of amides is 1. The van der Waals surface area contributed by atoms with Crippen LogP contribution in [0.3, 0.4) is 0 Å². The fourth-order valence-electron chi connectivity index (χ4n) is 2.88. The van der Waals surface area contributed by atoms with Crippen molar-refractivity contribution in [2.45, 2.75) is 30.2 Å². The van der Waals surface area contributed by atoms with Crippen LogP contribution in [0, 0.1) is 11.8 Å². The predicted molar refractivity (Wildman–Crippen MR) is 83.0 cm³/mol. The largest absolute Gasteiger partial charge is 0.471 e. The number of aromatic amines is 1. The number of nitrogens with one attached hydrogen (secondary N) is 2. The number of hydrogen-bond donors (Lipinski definition) is 4. The molecule has 0 aliphatic carbocycles. The lowest BCUT2D eigenvalue weighted by molar-refractivity contribution is -0.187. The average Bonchev–Trinajstić information content (AvgIpc) is 3.09. The maximum atomic E-state index is 12.1. The van der Waals surface area contributed by atoms with E-state index in [1.54, 1.807) is 0 Å². The van der Waals surface area contributed by atoms with Crippen LogP contribution < -0.4 is 16.6 Å². The second-order valence-electron chi connectivity index (χ2n) is 6.14. The summed E-state index contributed by atoms with van der Waals surface area (Å²) in [6, 6.07) is 0. The zero-order chi connectivity index (χ0) is 20.7. The Morgan fingerprint density at radius 2 is 2.18 bits per heavy atom. The van der Waals surface area contributed by atoms with Gasteiger partial charge in [-0.05, 0) is 0 Å².